The number of nitrogens with one attached hydrogen (secondary N) is 1. The van der Waals surface area contributed by atoms with Crippen LogP contribution in [0.5, 0.6) is 0 Å². The lowest BCUT2D eigenvalue weighted by Gasteiger charge is -2.31. The van der Waals surface area contributed by atoms with Crippen LogP contribution in [-0.4, -0.2) is 18.2 Å². The molecule has 0 bridgehead atoms. The summed E-state index contributed by atoms with van der Waals surface area (Å²) in [5.41, 5.74) is 3.79. The van der Waals surface area contributed by atoms with Gasteiger partial charge >= 0.3 is 0 Å². The Morgan fingerprint density at radius 3 is 2.62 bits per heavy atom. The lowest BCUT2D eigenvalue weighted by molar-refractivity contribution is -0.870. The molecular weight excluding hydrogens is 320 g/mol. The molecular formula is C20H22ClN2O+. The van der Waals surface area contributed by atoms with Crippen LogP contribution in [0.1, 0.15) is 22.8 Å². The maximum atomic E-state index is 6.53. The largest absolute Gasteiger partial charge is 0.438 e. The number of hydrogen-bond donors (Lipinski definition) is 1. The number of nitrogens with zero attached hydrogens (tertiary/aromatic N) is 1. The number of hydrogen-bond acceptors (Lipinski definition) is 2. The summed E-state index contributed by atoms with van der Waals surface area (Å²) in [6.45, 7) is 1.72. The quantitative estimate of drug-likeness (QED) is 0.849. The van der Waals surface area contributed by atoms with Crippen LogP contribution < -0.4 is 5.32 Å². The zero-order valence-corrected chi connectivity index (χ0v) is 14.5. The van der Waals surface area contributed by atoms with Gasteiger partial charge in [-0.15, -0.1) is 12.4 Å². The molecule has 2 aliphatic rings. The molecule has 24 heavy (non-hydrogen) atoms. The van der Waals surface area contributed by atoms with E-state index in [0.29, 0.717) is 4.48 Å². The van der Waals surface area contributed by atoms with Crippen molar-refractivity contribution < 1.29 is 9.22 Å². The number of fused-ring (bicyclic) bond motifs is 2. The van der Waals surface area contributed by atoms with Crippen molar-refractivity contribution in [2.45, 2.75) is 12.6 Å². The monoisotopic (exact) mass is 341 g/mol. The Labute approximate surface area is 149 Å². The van der Waals surface area contributed by atoms with Crippen molar-refractivity contribution in [3.63, 3.8) is 0 Å². The van der Waals surface area contributed by atoms with Gasteiger partial charge in [0.05, 0.1) is 0 Å². The molecule has 2 aliphatic heterocycles. The molecule has 0 spiro atoms. The van der Waals surface area contributed by atoms with Crippen LogP contribution in [0, 0.1) is 0 Å². The van der Waals surface area contributed by atoms with E-state index < -0.39 is 0 Å². The SMILES string of the molecule is CNC[N+]12C=CC=C1OC(c1ccccc1)c1ccccc1C2.Cl. The molecule has 0 saturated carbocycles. The van der Waals surface area contributed by atoms with Crippen molar-refractivity contribution in [2.75, 3.05) is 13.7 Å². The van der Waals surface area contributed by atoms with Gasteiger partial charge in [0, 0.05) is 23.3 Å². The van der Waals surface area contributed by atoms with Crippen molar-refractivity contribution in [1.29, 1.82) is 0 Å². The molecule has 0 aliphatic carbocycles. The minimum absolute atomic E-state index is 0. The summed E-state index contributed by atoms with van der Waals surface area (Å²) in [6, 6.07) is 19.1. The maximum Gasteiger partial charge on any atom is 0.298 e. The molecule has 0 radical (unpaired) electrons. The lowest BCUT2D eigenvalue weighted by Crippen LogP contribution is -2.45. The van der Waals surface area contributed by atoms with Crippen LogP contribution >= 0.6 is 12.4 Å². The third-order valence-electron chi connectivity index (χ3n) is 4.62. The van der Waals surface area contributed by atoms with Gasteiger partial charge in [-0.1, -0.05) is 54.6 Å². The summed E-state index contributed by atoms with van der Waals surface area (Å²) in [6.07, 6.45) is 6.35. The van der Waals surface area contributed by atoms with Crippen LogP contribution in [-0.2, 0) is 11.3 Å². The van der Waals surface area contributed by atoms with E-state index in [4.69, 9.17) is 4.74 Å². The highest BCUT2D eigenvalue weighted by Gasteiger charge is 2.41. The van der Waals surface area contributed by atoms with E-state index in [1.165, 1.54) is 16.7 Å². The van der Waals surface area contributed by atoms with Crippen molar-refractivity contribution in [2.24, 2.45) is 0 Å². The van der Waals surface area contributed by atoms with Gasteiger partial charge in [-0.2, -0.15) is 0 Å². The van der Waals surface area contributed by atoms with Gasteiger partial charge in [0.2, 0.25) is 0 Å². The first-order chi connectivity index (χ1) is 11.3. The minimum atomic E-state index is -0.0598. The summed E-state index contributed by atoms with van der Waals surface area (Å²) < 4.78 is 7.23. The minimum Gasteiger partial charge on any atom is -0.438 e. The summed E-state index contributed by atoms with van der Waals surface area (Å²) in [7, 11) is 1.99. The van der Waals surface area contributed by atoms with E-state index in [1.807, 2.05) is 13.1 Å². The first-order valence-corrected chi connectivity index (χ1v) is 8.03. The van der Waals surface area contributed by atoms with E-state index in [2.05, 4.69) is 72.2 Å². The van der Waals surface area contributed by atoms with Gasteiger partial charge in [0.1, 0.15) is 19.4 Å². The zero-order valence-electron chi connectivity index (χ0n) is 13.7. The first-order valence-electron chi connectivity index (χ1n) is 8.03. The third kappa shape index (κ3) is 2.75. The molecule has 2 heterocycles. The average molecular weight is 342 g/mol. The average Bonchev–Trinajstić information content (AvgIpc) is 2.91. The standard InChI is InChI=1S/C20H21N2O.ClH/c1-21-15-22-13-7-12-19(22)23-20(16-8-3-2-4-9-16)18-11-6-5-10-17(18)14-22;/h2-13,20-21H,14-15H2,1H3;1H/q+1;. The Bertz CT molecular complexity index is 772. The van der Waals surface area contributed by atoms with Crippen molar-refractivity contribution in [3.05, 3.63) is 95.5 Å². The van der Waals surface area contributed by atoms with Crippen LogP contribution in [0.4, 0.5) is 0 Å². The molecule has 2 unspecified atom stereocenters. The van der Waals surface area contributed by atoms with Gasteiger partial charge in [-0.3, -0.25) is 5.32 Å². The third-order valence-corrected chi connectivity index (χ3v) is 4.62. The molecule has 2 aromatic carbocycles. The molecule has 124 valence electrons. The maximum absolute atomic E-state index is 6.53. The molecule has 4 rings (SSSR count). The summed E-state index contributed by atoms with van der Waals surface area (Å²) in [4.78, 5) is 0. The number of ether oxygens (including phenoxy) is 1. The Kier molecular flexibility index (Phi) is 4.76. The van der Waals surface area contributed by atoms with E-state index in [-0.39, 0.29) is 18.5 Å². The van der Waals surface area contributed by atoms with E-state index in [0.717, 1.165) is 19.1 Å². The predicted molar refractivity (Wildman–Crippen MR) is 98.2 cm³/mol. The normalized spacial score (nSPS) is 24.0. The number of allylic oxidation sites excluding steroid dienone is 2. The molecule has 1 N–H and O–H groups in total. The predicted octanol–water partition coefficient (Wildman–Crippen LogP) is 4.09. The second-order valence-electron chi connectivity index (χ2n) is 6.16. The van der Waals surface area contributed by atoms with E-state index in [9.17, 15) is 0 Å². The molecule has 3 nitrogen and oxygen atoms in total. The van der Waals surface area contributed by atoms with Gasteiger partial charge in [0.25, 0.3) is 5.88 Å². The number of benzene rings is 2. The Morgan fingerprint density at radius 2 is 1.83 bits per heavy atom. The van der Waals surface area contributed by atoms with Crippen LogP contribution in [0.25, 0.3) is 0 Å². The summed E-state index contributed by atoms with van der Waals surface area (Å²) in [5.74, 6) is 1.00. The van der Waals surface area contributed by atoms with E-state index >= 15 is 0 Å². The topological polar surface area (TPSA) is 21.3 Å². The molecule has 2 aromatic rings. The van der Waals surface area contributed by atoms with Crippen LogP contribution in [0.2, 0.25) is 0 Å². The summed E-state index contributed by atoms with van der Waals surface area (Å²) >= 11 is 0. The highest BCUT2D eigenvalue weighted by atomic mass is 35.5. The van der Waals surface area contributed by atoms with Gasteiger partial charge < -0.3 is 4.74 Å². The van der Waals surface area contributed by atoms with E-state index in [1.54, 1.807) is 0 Å². The second-order valence-corrected chi connectivity index (χ2v) is 6.16. The number of quaternary nitrogens is 1. The zero-order chi connectivity index (χ0) is 15.7. The first kappa shape index (κ1) is 16.8. The molecule has 2 atom stereocenters. The fraction of sp³-hybridized carbons (Fsp3) is 0.200. The van der Waals surface area contributed by atoms with Gasteiger partial charge in [-0.25, -0.2) is 4.48 Å². The molecule has 0 fully saturated rings. The number of rotatable bonds is 3. The van der Waals surface area contributed by atoms with Gasteiger partial charge in [-0.05, 0) is 12.6 Å². The van der Waals surface area contributed by atoms with Crippen molar-refractivity contribution >= 4 is 12.4 Å². The van der Waals surface area contributed by atoms with Crippen LogP contribution in [0.15, 0.2) is 78.8 Å². The van der Waals surface area contributed by atoms with Crippen molar-refractivity contribution in [1.82, 2.24) is 5.32 Å². The number of halogens is 1. The Morgan fingerprint density at radius 1 is 1.08 bits per heavy atom. The highest BCUT2D eigenvalue weighted by Crippen LogP contribution is 2.41. The fourth-order valence-corrected chi connectivity index (χ4v) is 3.55. The smallest absolute Gasteiger partial charge is 0.298 e. The Hall–Kier alpha value is -2.07. The van der Waals surface area contributed by atoms with Gasteiger partial charge in [0.15, 0.2) is 6.10 Å². The summed E-state index contributed by atoms with van der Waals surface area (Å²) in [5, 5.41) is 3.31. The Balaban J connectivity index is 0.00000169. The molecule has 0 amide bonds. The van der Waals surface area contributed by atoms with Crippen molar-refractivity contribution in [3.8, 4) is 0 Å². The second kappa shape index (κ2) is 6.81. The lowest BCUT2D eigenvalue weighted by atomic mass is 9.96. The fourth-order valence-electron chi connectivity index (χ4n) is 3.55. The molecule has 0 aromatic heterocycles. The van der Waals surface area contributed by atoms with Crippen LogP contribution in [0.3, 0.4) is 0 Å². The molecule has 0 saturated heterocycles. The molecule has 4 heteroatoms. The highest BCUT2D eigenvalue weighted by molar-refractivity contribution is 5.85.